The minimum atomic E-state index is -1.34. The molecule has 0 saturated carbocycles. The topological polar surface area (TPSA) is 67.9 Å². The maximum Gasteiger partial charge on any atom is 0.176 e. The number of carbonyl (C=O) groups is 1. The zero-order chi connectivity index (χ0) is 20.1. The molecule has 2 aliphatic rings. The molecule has 0 aliphatic carbocycles. The predicted molar refractivity (Wildman–Crippen MR) is 111 cm³/mol. The molecular formula is C23H21N3OS. The van der Waals surface area contributed by atoms with Gasteiger partial charge in [-0.25, -0.2) is 0 Å². The normalized spacial score (nSPS) is 24.8. The van der Waals surface area contributed by atoms with Gasteiger partial charge in [0.15, 0.2) is 11.2 Å². The second-order valence-corrected chi connectivity index (χ2v) is 9.24. The first-order valence-electron chi connectivity index (χ1n) is 9.29. The van der Waals surface area contributed by atoms with Crippen molar-refractivity contribution >= 4 is 28.9 Å². The molecule has 0 spiro atoms. The molecule has 140 valence electrons. The number of anilines is 1. The van der Waals surface area contributed by atoms with Gasteiger partial charge < -0.3 is 4.90 Å². The largest absolute Gasteiger partial charge is 0.351 e. The third-order valence-electron chi connectivity index (χ3n) is 5.83. The number of fused-ring (bicyclic) bond motifs is 3. The number of Topliss-reactive ketones (excluding diaryl/α,β-unsaturated/α-hetero) is 1. The molecule has 4 nitrogen and oxygen atoms in total. The summed E-state index contributed by atoms with van der Waals surface area (Å²) in [6.07, 6.45) is 3.89. The Balaban J connectivity index is 2.02. The number of hydrogen-bond donors (Lipinski definition) is 0. The number of nitriles is 2. The number of para-hydroxylation sites is 1. The molecule has 0 radical (unpaired) electrons. The first kappa shape index (κ1) is 18.5. The van der Waals surface area contributed by atoms with E-state index in [0.29, 0.717) is 0 Å². The molecule has 1 aromatic carbocycles. The zero-order valence-corrected chi connectivity index (χ0v) is 16.9. The van der Waals surface area contributed by atoms with Crippen LogP contribution < -0.4 is 4.90 Å². The smallest absolute Gasteiger partial charge is 0.176 e. The molecule has 1 fully saturated rings. The molecule has 3 atom stereocenters. The fourth-order valence-corrected chi connectivity index (χ4v) is 5.20. The Bertz CT molecular complexity index is 1020. The highest BCUT2D eigenvalue weighted by molar-refractivity contribution is 7.08. The average molecular weight is 388 g/mol. The van der Waals surface area contributed by atoms with Crippen LogP contribution in [0.4, 0.5) is 5.69 Å². The van der Waals surface area contributed by atoms with Crippen LogP contribution in [0.15, 0.2) is 47.2 Å². The minimum Gasteiger partial charge on any atom is -0.351 e. The van der Waals surface area contributed by atoms with Crippen molar-refractivity contribution < 1.29 is 4.79 Å². The maximum atomic E-state index is 13.7. The first-order chi connectivity index (χ1) is 13.3. The second kappa shape index (κ2) is 6.33. The van der Waals surface area contributed by atoms with Gasteiger partial charge in [0.1, 0.15) is 0 Å². The Kier molecular flexibility index (Phi) is 4.17. The number of nitrogens with zero attached hydrogens (tertiary/aromatic N) is 3. The molecular weight excluding hydrogens is 366 g/mol. The van der Waals surface area contributed by atoms with Crippen LogP contribution >= 0.6 is 11.3 Å². The van der Waals surface area contributed by atoms with Crippen LogP contribution in [-0.2, 0) is 4.79 Å². The quantitative estimate of drug-likeness (QED) is 0.745. The average Bonchev–Trinajstić information content (AvgIpc) is 3.30. The van der Waals surface area contributed by atoms with E-state index >= 15 is 0 Å². The monoisotopic (exact) mass is 387 g/mol. The van der Waals surface area contributed by atoms with Gasteiger partial charge in [-0.05, 0) is 34.0 Å². The second-order valence-electron chi connectivity index (χ2n) is 8.46. The highest BCUT2D eigenvalue weighted by Gasteiger charge is 2.64. The van der Waals surface area contributed by atoms with Crippen LogP contribution in [0.3, 0.4) is 0 Å². The Morgan fingerprint density at radius 1 is 1.18 bits per heavy atom. The number of benzene rings is 1. The van der Waals surface area contributed by atoms with E-state index in [1.54, 1.807) is 0 Å². The van der Waals surface area contributed by atoms with Gasteiger partial charge in [0.2, 0.25) is 0 Å². The number of thiophene rings is 1. The fraction of sp³-hybridized carbons (Fsp3) is 0.348. The van der Waals surface area contributed by atoms with E-state index in [4.69, 9.17) is 0 Å². The van der Waals surface area contributed by atoms with Gasteiger partial charge in [0.05, 0.1) is 24.2 Å². The summed E-state index contributed by atoms with van der Waals surface area (Å²) in [5, 5.41) is 24.4. The van der Waals surface area contributed by atoms with E-state index < -0.39 is 28.8 Å². The molecule has 0 bridgehead atoms. The molecule has 0 unspecified atom stereocenters. The van der Waals surface area contributed by atoms with Crippen LogP contribution in [0.25, 0.3) is 6.08 Å². The molecule has 1 aromatic heterocycles. The maximum absolute atomic E-state index is 13.7. The molecule has 0 amide bonds. The molecule has 5 heteroatoms. The molecule has 28 heavy (non-hydrogen) atoms. The van der Waals surface area contributed by atoms with Gasteiger partial charge in [-0.15, -0.1) is 0 Å². The lowest BCUT2D eigenvalue weighted by Gasteiger charge is -2.37. The third kappa shape index (κ3) is 2.44. The van der Waals surface area contributed by atoms with Crippen molar-refractivity contribution in [3.63, 3.8) is 0 Å². The Labute approximate surface area is 169 Å². The van der Waals surface area contributed by atoms with Crippen molar-refractivity contribution in [1.82, 2.24) is 0 Å². The number of ketones is 1. The van der Waals surface area contributed by atoms with Crippen molar-refractivity contribution in [3.8, 4) is 12.1 Å². The first-order valence-corrected chi connectivity index (χ1v) is 10.2. The highest BCUT2D eigenvalue weighted by atomic mass is 32.1. The summed E-state index contributed by atoms with van der Waals surface area (Å²) in [5.41, 5.74) is 0.861. The Morgan fingerprint density at radius 3 is 2.50 bits per heavy atom. The van der Waals surface area contributed by atoms with Crippen LogP contribution in [0.5, 0.6) is 0 Å². The Morgan fingerprint density at radius 2 is 1.89 bits per heavy atom. The molecule has 0 N–H and O–H groups in total. The fourth-order valence-electron chi connectivity index (χ4n) is 4.50. The summed E-state index contributed by atoms with van der Waals surface area (Å²) in [4.78, 5) is 15.7. The number of carbonyl (C=O) groups excluding carboxylic acids is 1. The minimum absolute atomic E-state index is 0.0474. The van der Waals surface area contributed by atoms with Crippen LogP contribution in [0.1, 0.15) is 37.8 Å². The molecule has 2 aliphatic heterocycles. The lowest BCUT2D eigenvalue weighted by atomic mass is 9.68. The van der Waals surface area contributed by atoms with E-state index in [-0.39, 0.29) is 5.78 Å². The van der Waals surface area contributed by atoms with E-state index in [2.05, 4.69) is 12.1 Å². The molecule has 3 heterocycles. The van der Waals surface area contributed by atoms with Crippen molar-refractivity contribution in [1.29, 1.82) is 10.5 Å². The summed E-state index contributed by atoms with van der Waals surface area (Å²) in [7, 11) is 0. The third-order valence-corrected chi connectivity index (χ3v) is 6.53. The van der Waals surface area contributed by atoms with Gasteiger partial charge >= 0.3 is 0 Å². The SMILES string of the molecule is CC(C)(C)C(=O)[C@@H]1[C@@H](c2ccsc2)C(C#N)(C#N)[C@@H]2C=Cc3ccccc3N12. The highest BCUT2D eigenvalue weighted by Crippen LogP contribution is 2.56. The number of rotatable bonds is 2. The lowest BCUT2D eigenvalue weighted by Crippen LogP contribution is -2.47. The van der Waals surface area contributed by atoms with Crippen LogP contribution in [0.2, 0.25) is 0 Å². The van der Waals surface area contributed by atoms with E-state index in [9.17, 15) is 15.3 Å². The predicted octanol–water partition coefficient (Wildman–Crippen LogP) is 4.76. The lowest BCUT2D eigenvalue weighted by molar-refractivity contribution is -0.127. The van der Waals surface area contributed by atoms with Gasteiger partial charge in [-0.2, -0.15) is 21.9 Å². The van der Waals surface area contributed by atoms with Crippen LogP contribution in [-0.4, -0.2) is 17.9 Å². The van der Waals surface area contributed by atoms with Crippen molar-refractivity contribution in [2.75, 3.05) is 4.90 Å². The van der Waals surface area contributed by atoms with E-state index in [1.165, 1.54) is 11.3 Å². The summed E-state index contributed by atoms with van der Waals surface area (Å²) < 4.78 is 0. The number of hydrogen-bond acceptors (Lipinski definition) is 5. The van der Waals surface area contributed by atoms with Crippen molar-refractivity contribution in [3.05, 3.63) is 58.3 Å². The molecule has 1 saturated heterocycles. The standard InChI is InChI=1S/C23H21N3OS/c1-22(2,3)21(27)20-19(16-10-11-28-12-16)23(13-24,14-25)18-9-8-15-6-4-5-7-17(15)26(18)20/h4-12,18-20H,1-3H3/t18-,19+,20-/m0/s1. The summed E-state index contributed by atoms with van der Waals surface area (Å²) in [5.74, 6) is -0.465. The van der Waals surface area contributed by atoms with E-state index in [0.717, 1.165) is 16.8 Å². The van der Waals surface area contributed by atoms with Gasteiger partial charge in [0, 0.05) is 17.0 Å². The van der Waals surface area contributed by atoms with E-state index in [1.807, 2.05) is 78.9 Å². The van der Waals surface area contributed by atoms with Gasteiger partial charge in [-0.3, -0.25) is 4.79 Å². The molecule has 2 aromatic rings. The summed E-state index contributed by atoms with van der Waals surface area (Å²) in [6.45, 7) is 5.71. The van der Waals surface area contributed by atoms with Crippen LogP contribution in [0, 0.1) is 33.5 Å². The van der Waals surface area contributed by atoms with Crippen molar-refractivity contribution in [2.24, 2.45) is 10.8 Å². The van der Waals surface area contributed by atoms with Gasteiger partial charge in [-0.1, -0.05) is 51.1 Å². The Hall–Kier alpha value is -2.89. The zero-order valence-electron chi connectivity index (χ0n) is 16.1. The summed E-state index contributed by atoms with van der Waals surface area (Å²) in [6, 6.07) is 13.4. The van der Waals surface area contributed by atoms with Gasteiger partial charge in [0.25, 0.3) is 0 Å². The molecule has 4 rings (SSSR count). The van der Waals surface area contributed by atoms with Crippen molar-refractivity contribution in [2.45, 2.75) is 38.8 Å². The summed E-state index contributed by atoms with van der Waals surface area (Å²) >= 11 is 1.52.